The number of nitrogens with one attached hydrogen (secondary N) is 2. The SMILES string of the molecule is CC1(C)CC(N/C=C2/C=CC=CC2=O)CC(C)(C)N1O.CC1(C)CC(N/C=C2/C=CC=CC2=O)CC(C)(C)N1O.[Ni]. The fourth-order valence-corrected chi connectivity index (χ4v) is 6.39. The van der Waals surface area contributed by atoms with Crippen LogP contribution < -0.4 is 10.6 Å². The predicted molar refractivity (Wildman–Crippen MR) is 159 cm³/mol. The summed E-state index contributed by atoms with van der Waals surface area (Å²) in [5, 5.41) is 30.1. The molecule has 4 N–H and O–H groups in total. The van der Waals surface area contributed by atoms with E-state index in [1.165, 1.54) is 10.1 Å². The minimum atomic E-state index is -0.287. The van der Waals surface area contributed by atoms with Crippen molar-refractivity contribution >= 4 is 11.6 Å². The summed E-state index contributed by atoms with van der Waals surface area (Å²) < 4.78 is 0. The second-order valence-electron chi connectivity index (χ2n) is 13.8. The molecule has 2 aliphatic carbocycles. The third-order valence-electron chi connectivity index (χ3n) is 8.06. The van der Waals surface area contributed by atoms with E-state index in [4.69, 9.17) is 0 Å². The van der Waals surface area contributed by atoms with E-state index in [0.717, 1.165) is 25.7 Å². The molecule has 0 bridgehead atoms. The summed E-state index contributed by atoms with van der Waals surface area (Å²) in [5.41, 5.74) is 0.201. The van der Waals surface area contributed by atoms with E-state index in [0.29, 0.717) is 11.1 Å². The van der Waals surface area contributed by atoms with Crippen molar-refractivity contribution in [2.45, 2.75) is 115 Å². The number of carbonyl (C=O) groups excluding carboxylic acids is 2. The van der Waals surface area contributed by atoms with Crippen LogP contribution in [0, 0.1) is 0 Å². The van der Waals surface area contributed by atoms with Gasteiger partial charge in [-0.1, -0.05) is 24.3 Å². The fraction of sp³-hybridized carbons (Fsp3) is 0.562. The molecule has 4 aliphatic rings. The van der Waals surface area contributed by atoms with Crippen LogP contribution in [0.25, 0.3) is 0 Å². The van der Waals surface area contributed by atoms with Crippen LogP contribution in [-0.4, -0.2) is 66.3 Å². The number of ketones is 2. The summed E-state index contributed by atoms with van der Waals surface area (Å²) in [4.78, 5) is 23.4. The predicted octanol–water partition coefficient (Wildman–Crippen LogP) is 5.13. The maximum Gasteiger partial charge on any atom is 0.187 e. The van der Waals surface area contributed by atoms with E-state index in [9.17, 15) is 20.0 Å². The molecule has 8 nitrogen and oxygen atoms in total. The molecule has 41 heavy (non-hydrogen) atoms. The third kappa shape index (κ3) is 8.85. The number of carbonyl (C=O) groups is 2. The summed E-state index contributed by atoms with van der Waals surface area (Å²) in [6.07, 6.45) is 20.9. The molecule has 2 saturated heterocycles. The standard InChI is InChI=1S/2C16H24N2O2.Ni/c2*1-15(2)9-13(10-16(3,4)18(15)20)17-11-12-7-5-6-8-14(12)19;/h2*5-8,11,13,17,20H,9-10H2,1-4H3;/b2*12-11-;. The van der Waals surface area contributed by atoms with Gasteiger partial charge >= 0.3 is 0 Å². The Morgan fingerprint density at radius 1 is 0.610 bits per heavy atom. The van der Waals surface area contributed by atoms with Crippen molar-refractivity contribution in [1.29, 1.82) is 0 Å². The molecule has 0 aromatic carbocycles. The van der Waals surface area contributed by atoms with E-state index < -0.39 is 0 Å². The minimum absolute atomic E-state index is 0. The monoisotopic (exact) mass is 610 g/mol. The molecule has 0 aromatic heterocycles. The first kappa shape index (κ1) is 34.9. The molecular weight excluding hydrogens is 563 g/mol. The Morgan fingerprint density at radius 3 is 1.15 bits per heavy atom. The van der Waals surface area contributed by atoms with E-state index >= 15 is 0 Å². The van der Waals surface area contributed by atoms with Crippen LogP contribution in [0.4, 0.5) is 0 Å². The number of allylic oxidation sites excluding steroid dienone is 10. The van der Waals surface area contributed by atoms with Crippen LogP contribution in [-0.2, 0) is 26.1 Å². The minimum Gasteiger partial charge on any atom is -0.387 e. The first-order chi connectivity index (χ1) is 18.4. The van der Waals surface area contributed by atoms with Crippen LogP contribution in [0.3, 0.4) is 0 Å². The maximum atomic E-state index is 11.7. The summed E-state index contributed by atoms with van der Waals surface area (Å²) in [7, 11) is 0. The number of hydroxylamine groups is 4. The topological polar surface area (TPSA) is 105 Å². The zero-order chi connectivity index (χ0) is 29.9. The second kappa shape index (κ2) is 13.3. The normalized spacial score (nSPS) is 27.4. The molecule has 0 amide bonds. The van der Waals surface area contributed by atoms with Crippen molar-refractivity contribution < 1.29 is 36.5 Å². The summed E-state index contributed by atoms with van der Waals surface area (Å²) >= 11 is 0. The number of hydrogen-bond acceptors (Lipinski definition) is 8. The van der Waals surface area contributed by atoms with Gasteiger partial charge in [0.2, 0.25) is 0 Å². The molecule has 230 valence electrons. The van der Waals surface area contributed by atoms with Gasteiger partial charge < -0.3 is 21.0 Å². The number of nitrogens with zero attached hydrogens (tertiary/aromatic N) is 2. The molecule has 9 heteroatoms. The third-order valence-corrected chi connectivity index (χ3v) is 8.06. The van der Waals surface area contributed by atoms with Crippen molar-refractivity contribution in [1.82, 2.24) is 20.8 Å². The smallest absolute Gasteiger partial charge is 0.187 e. The van der Waals surface area contributed by atoms with E-state index in [-0.39, 0.29) is 62.3 Å². The van der Waals surface area contributed by atoms with Gasteiger partial charge in [-0.3, -0.25) is 9.59 Å². The Hall–Kier alpha value is -2.29. The average molecular weight is 611 g/mol. The maximum absolute atomic E-state index is 11.7. The van der Waals surface area contributed by atoms with Crippen molar-refractivity contribution in [2.75, 3.05) is 0 Å². The summed E-state index contributed by atoms with van der Waals surface area (Å²) in [6.45, 7) is 16.3. The number of hydrogen-bond donors (Lipinski definition) is 4. The van der Waals surface area contributed by atoms with Gasteiger partial charge in [0.05, 0.1) is 0 Å². The van der Waals surface area contributed by atoms with Gasteiger partial charge in [-0.25, -0.2) is 0 Å². The molecule has 2 heterocycles. The molecule has 0 radical (unpaired) electrons. The molecule has 0 atom stereocenters. The van der Waals surface area contributed by atoms with Crippen LogP contribution in [0.5, 0.6) is 0 Å². The molecule has 0 spiro atoms. The van der Waals surface area contributed by atoms with Gasteiger partial charge in [0.25, 0.3) is 0 Å². The zero-order valence-corrected chi connectivity index (χ0v) is 26.7. The van der Waals surface area contributed by atoms with Gasteiger partial charge in [0.15, 0.2) is 11.6 Å². The van der Waals surface area contributed by atoms with Crippen molar-refractivity contribution in [2.24, 2.45) is 0 Å². The van der Waals surface area contributed by atoms with Crippen molar-refractivity contribution in [3.63, 3.8) is 0 Å². The summed E-state index contributed by atoms with van der Waals surface area (Å²) in [6, 6.07) is 0.478. The van der Waals surface area contributed by atoms with Gasteiger partial charge in [0, 0.05) is 74.3 Å². The Bertz CT molecular complexity index is 1030. The van der Waals surface area contributed by atoms with E-state index in [1.54, 1.807) is 36.7 Å². The van der Waals surface area contributed by atoms with Crippen LogP contribution in [0.15, 0.2) is 72.2 Å². The summed E-state index contributed by atoms with van der Waals surface area (Å²) in [5.74, 6) is 0.0521. The fourth-order valence-electron chi connectivity index (χ4n) is 6.39. The van der Waals surface area contributed by atoms with Gasteiger partial charge in [-0.2, -0.15) is 10.1 Å². The molecule has 0 unspecified atom stereocenters. The van der Waals surface area contributed by atoms with Gasteiger partial charge in [0.1, 0.15) is 0 Å². The molecule has 0 saturated carbocycles. The van der Waals surface area contributed by atoms with Crippen LogP contribution in [0.1, 0.15) is 81.1 Å². The molecular formula is C32H48N4NiO4. The van der Waals surface area contributed by atoms with Crippen molar-refractivity contribution in [3.05, 3.63) is 72.2 Å². The molecule has 0 aromatic rings. The quantitative estimate of drug-likeness (QED) is 0.256. The van der Waals surface area contributed by atoms with Gasteiger partial charge in [-0.15, -0.1) is 0 Å². The zero-order valence-electron chi connectivity index (χ0n) is 25.7. The molecule has 4 rings (SSSR count). The Kier molecular flexibility index (Phi) is 11.4. The van der Waals surface area contributed by atoms with Crippen LogP contribution >= 0.6 is 0 Å². The number of piperidine rings is 2. The van der Waals surface area contributed by atoms with Crippen molar-refractivity contribution in [3.8, 4) is 0 Å². The molecule has 2 fully saturated rings. The average Bonchev–Trinajstić information content (AvgIpc) is 2.85. The first-order valence-electron chi connectivity index (χ1n) is 14.1. The Balaban J connectivity index is 0.000000280. The van der Waals surface area contributed by atoms with Gasteiger partial charge in [-0.05, 0) is 105 Å². The van der Waals surface area contributed by atoms with Crippen LogP contribution in [0.2, 0.25) is 0 Å². The number of rotatable bonds is 4. The van der Waals surface area contributed by atoms with E-state index in [1.807, 2.05) is 79.7 Å². The Labute approximate surface area is 255 Å². The van der Waals surface area contributed by atoms with E-state index in [2.05, 4.69) is 10.6 Å². The second-order valence-corrected chi connectivity index (χ2v) is 13.8. The Morgan fingerprint density at radius 2 is 0.878 bits per heavy atom. The first-order valence-corrected chi connectivity index (χ1v) is 14.1. The molecule has 2 aliphatic heterocycles. The largest absolute Gasteiger partial charge is 0.387 e.